The Balaban J connectivity index is 1.85. The van der Waals surface area contributed by atoms with E-state index >= 15 is 0 Å². The molecule has 1 atom stereocenters. The van der Waals surface area contributed by atoms with Crippen LogP contribution in [0.15, 0.2) is 6.20 Å². The summed E-state index contributed by atoms with van der Waals surface area (Å²) >= 11 is 0. The number of hydrogen-bond donors (Lipinski definition) is 1. The van der Waals surface area contributed by atoms with Crippen LogP contribution >= 0.6 is 0 Å². The lowest BCUT2D eigenvalue weighted by molar-refractivity contribution is 0.0187. The molecule has 0 unspecified atom stereocenters. The van der Waals surface area contributed by atoms with Crippen molar-refractivity contribution in [3.63, 3.8) is 0 Å². The van der Waals surface area contributed by atoms with Gasteiger partial charge in [-0.1, -0.05) is 5.21 Å². The second-order valence-corrected chi connectivity index (χ2v) is 8.47. The van der Waals surface area contributed by atoms with Crippen molar-refractivity contribution in [3.8, 4) is 0 Å². The van der Waals surface area contributed by atoms with Gasteiger partial charge in [0, 0.05) is 25.7 Å². The Kier molecular flexibility index (Phi) is 5.52. The van der Waals surface area contributed by atoms with Gasteiger partial charge >= 0.3 is 6.09 Å². The predicted molar refractivity (Wildman–Crippen MR) is 92.7 cm³/mol. The summed E-state index contributed by atoms with van der Waals surface area (Å²) in [5, 5.41) is 11.9. The molecule has 1 N–H and O–H groups in total. The number of ether oxygens (including phenoxy) is 1. The fraction of sp³-hybridized carbons (Fsp3) is 0.824. The molecule has 1 aliphatic rings. The maximum Gasteiger partial charge on any atom is 0.410 e. The van der Waals surface area contributed by atoms with Crippen LogP contribution in [0, 0.1) is 0 Å². The summed E-state index contributed by atoms with van der Waals surface area (Å²) in [7, 11) is 0. The number of carbonyl (C=O) groups is 1. The summed E-state index contributed by atoms with van der Waals surface area (Å²) < 4.78 is 7.34. The third-order valence-corrected chi connectivity index (χ3v) is 3.87. The molecule has 0 saturated carbocycles. The monoisotopic (exact) mass is 337 g/mol. The van der Waals surface area contributed by atoms with Crippen LogP contribution in [0.3, 0.4) is 0 Å². The zero-order valence-electron chi connectivity index (χ0n) is 15.8. The van der Waals surface area contributed by atoms with Gasteiger partial charge in [0.1, 0.15) is 5.60 Å². The molecule has 7 heteroatoms. The highest BCUT2D eigenvalue weighted by Crippen LogP contribution is 2.16. The Labute approximate surface area is 144 Å². The number of piperidine rings is 1. The Hall–Kier alpha value is -1.63. The van der Waals surface area contributed by atoms with Gasteiger partial charge in [-0.3, -0.25) is 0 Å². The fourth-order valence-corrected chi connectivity index (χ4v) is 2.59. The highest BCUT2D eigenvalue weighted by atomic mass is 16.6. The van der Waals surface area contributed by atoms with E-state index in [0.717, 1.165) is 25.1 Å². The minimum Gasteiger partial charge on any atom is -0.444 e. The summed E-state index contributed by atoms with van der Waals surface area (Å²) in [5.41, 5.74) is 0.395. The van der Waals surface area contributed by atoms with Crippen molar-refractivity contribution in [3.05, 3.63) is 11.9 Å². The zero-order valence-corrected chi connectivity index (χ0v) is 15.8. The number of hydrogen-bond acceptors (Lipinski definition) is 5. The molecule has 1 aliphatic heterocycles. The van der Waals surface area contributed by atoms with Gasteiger partial charge in [0.15, 0.2) is 0 Å². The van der Waals surface area contributed by atoms with E-state index < -0.39 is 5.60 Å². The standard InChI is InChI=1S/C17H31N5O2/c1-16(2,3)22-12-14(19-20-22)10-18-13-8-7-9-21(11-13)15(23)24-17(4,5)6/h12-13,18H,7-11H2,1-6H3/t13-/m0/s1. The fourth-order valence-electron chi connectivity index (χ4n) is 2.59. The number of amides is 1. The second kappa shape index (κ2) is 7.09. The van der Waals surface area contributed by atoms with Gasteiger partial charge in [0.05, 0.1) is 17.4 Å². The van der Waals surface area contributed by atoms with Crippen LogP contribution in [0.4, 0.5) is 4.79 Å². The molecule has 1 saturated heterocycles. The molecule has 0 radical (unpaired) electrons. The van der Waals surface area contributed by atoms with E-state index in [1.807, 2.05) is 31.6 Å². The van der Waals surface area contributed by atoms with Crippen LogP contribution in [0.2, 0.25) is 0 Å². The minimum absolute atomic E-state index is 0.0659. The first kappa shape index (κ1) is 18.7. The normalized spacial score (nSPS) is 19.4. The third kappa shape index (κ3) is 5.47. The quantitative estimate of drug-likeness (QED) is 0.917. The van der Waals surface area contributed by atoms with Crippen LogP contribution in [0.25, 0.3) is 0 Å². The number of nitrogens with zero attached hydrogens (tertiary/aromatic N) is 4. The molecular formula is C17H31N5O2. The van der Waals surface area contributed by atoms with Crippen LogP contribution < -0.4 is 5.32 Å². The van der Waals surface area contributed by atoms with Crippen LogP contribution in [-0.2, 0) is 16.8 Å². The van der Waals surface area contributed by atoms with Crippen molar-refractivity contribution in [1.82, 2.24) is 25.2 Å². The van der Waals surface area contributed by atoms with Crippen molar-refractivity contribution in [2.24, 2.45) is 0 Å². The lowest BCUT2D eigenvalue weighted by Gasteiger charge is -2.34. The molecule has 1 aromatic rings. The molecule has 2 rings (SSSR count). The van der Waals surface area contributed by atoms with Gasteiger partial charge in [-0.2, -0.15) is 0 Å². The van der Waals surface area contributed by atoms with Crippen LogP contribution in [-0.4, -0.2) is 50.7 Å². The van der Waals surface area contributed by atoms with E-state index in [4.69, 9.17) is 4.74 Å². The lowest BCUT2D eigenvalue weighted by Crippen LogP contribution is -2.49. The SMILES string of the molecule is CC(C)(C)OC(=O)N1CCC[C@H](NCc2cn(C(C)(C)C)nn2)C1. The molecule has 0 aliphatic carbocycles. The number of likely N-dealkylation sites (tertiary alicyclic amines) is 1. The van der Waals surface area contributed by atoms with Gasteiger partial charge in [-0.15, -0.1) is 5.10 Å². The summed E-state index contributed by atoms with van der Waals surface area (Å²) in [5.74, 6) is 0. The maximum atomic E-state index is 12.2. The summed E-state index contributed by atoms with van der Waals surface area (Å²) in [6.07, 6.45) is 3.77. The molecule has 24 heavy (non-hydrogen) atoms. The number of carbonyl (C=O) groups excluding carboxylic acids is 1. The van der Waals surface area contributed by atoms with Gasteiger partial charge in [0.25, 0.3) is 0 Å². The average molecular weight is 337 g/mol. The van der Waals surface area contributed by atoms with Gasteiger partial charge in [-0.05, 0) is 54.4 Å². The molecular weight excluding hydrogens is 306 g/mol. The molecule has 1 fully saturated rings. The largest absolute Gasteiger partial charge is 0.444 e. The smallest absolute Gasteiger partial charge is 0.410 e. The Morgan fingerprint density at radius 2 is 2.04 bits per heavy atom. The third-order valence-electron chi connectivity index (χ3n) is 3.87. The highest BCUT2D eigenvalue weighted by molar-refractivity contribution is 5.68. The second-order valence-electron chi connectivity index (χ2n) is 8.47. The van der Waals surface area contributed by atoms with E-state index in [-0.39, 0.29) is 17.7 Å². The van der Waals surface area contributed by atoms with Crippen molar-refractivity contribution in [1.29, 1.82) is 0 Å². The topological polar surface area (TPSA) is 72.3 Å². The zero-order chi connectivity index (χ0) is 18.0. The van der Waals surface area contributed by atoms with E-state index in [0.29, 0.717) is 13.1 Å². The number of nitrogens with one attached hydrogen (secondary N) is 1. The Morgan fingerprint density at radius 3 is 2.62 bits per heavy atom. The van der Waals surface area contributed by atoms with Crippen molar-refractivity contribution < 1.29 is 9.53 Å². The predicted octanol–water partition coefficient (Wildman–Crippen LogP) is 2.52. The van der Waals surface area contributed by atoms with Crippen molar-refractivity contribution in [2.75, 3.05) is 13.1 Å². The summed E-state index contributed by atoms with van der Waals surface area (Å²) in [4.78, 5) is 14.0. The molecule has 2 heterocycles. The van der Waals surface area contributed by atoms with Crippen molar-refractivity contribution >= 4 is 6.09 Å². The first-order valence-corrected chi connectivity index (χ1v) is 8.67. The molecule has 0 spiro atoms. The first-order valence-electron chi connectivity index (χ1n) is 8.67. The number of rotatable bonds is 3. The molecule has 1 aromatic heterocycles. The van der Waals surface area contributed by atoms with E-state index in [2.05, 4.69) is 36.4 Å². The van der Waals surface area contributed by atoms with Gasteiger partial charge in [-0.25, -0.2) is 9.48 Å². The molecule has 1 amide bonds. The van der Waals surface area contributed by atoms with E-state index in [1.165, 1.54) is 0 Å². The van der Waals surface area contributed by atoms with E-state index in [1.54, 1.807) is 4.90 Å². The Morgan fingerprint density at radius 1 is 1.33 bits per heavy atom. The average Bonchev–Trinajstić information content (AvgIpc) is 2.92. The van der Waals surface area contributed by atoms with Crippen LogP contribution in [0.1, 0.15) is 60.1 Å². The summed E-state index contributed by atoms with van der Waals surface area (Å²) in [6.45, 7) is 14.0. The maximum absolute atomic E-state index is 12.2. The minimum atomic E-state index is -0.455. The Bertz CT molecular complexity index is 556. The highest BCUT2D eigenvalue weighted by Gasteiger charge is 2.27. The summed E-state index contributed by atoms with van der Waals surface area (Å²) in [6, 6.07) is 0.256. The van der Waals surface area contributed by atoms with Crippen molar-refractivity contribution in [2.45, 2.75) is 78.1 Å². The molecule has 0 aromatic carbocycles. The first-order chi connectivity index (χ1) is 11.0. The molecule has 0 bridgehead atoms. The van der Waals surface area contributed by atoms with Gasteiger partial charge in [0.2, 0.25) is 0 Å². The number of aromatic nitrogens is 3. The molecule has 136 valence electrons. The van der Waals surface area contributed by atoms with Crippen LogP contribution in [0.5, 0.6) is 0 Å². The molecule has 7 nitrogen and oxygen atoms in total. The lowest BCUT2D eigenvalue weighted by atomic mass is 10.1. The van der Waals surface area contributed by atoms with E-state index in [9.17, 15) is 4.79 Å². The van der Waals surface area contributed by atoms with Gasteiger partial charge < -0.3 is 15.0 Å².